The molecule has 1 N–H and O–H groups in total. The molecule has 0 fully saturated rings. The minimum Gasteiger partial charge on any atom is -0.494 e. The summed E-state index contributed by atoms with van der Waals surface area (Å²) in [5.41, 5.74) is 3.24. The number of hydrogen-bond acceptors (Lipinski definition) is 4. The minimum absolute atomic E-state index is 0.0501. The van der Waals surface area contributed by atoms with E-state index >= 15 is 0 Å². The summed E-state index contributed by atoms with van der Waals surface area (Å²) in [6, 6.07) is 3.86. The Morgan fingerprint density at radius 3 is 2.55 bits per heavy atom. The fourth-order valence-electron chi connectivity index (χ4n) is 2.13. The molecule has 0 aliphatic heterocycles. The molecule has 0 aliphatic carbocycles. The lowest BCUT2D eigenvalue weighted by Crippen LogP contribution is -1.99. The molecule has 5 heteroatoms. The van der Waals surface area contributed by atoms with Crippen LogP contribution in [-0.2, 0) is 0 Å². The number of aromatic nitrogens is 1. The molecule has 2 aromatic rings. The predicted octanol–water partition coefficient (Wildman–Crippen LogP) is 3.36. The van der Waals surface area contributed by atoms with Gasteiger partial charge in [-0.05, 0) is 51.0 Å². The van der Waals surface area contributed by atoms with Gasteiger partial charge in [0.05, 0.1) is 6.61 Å². The summed E-state index contributed by atoms with van der Waals surface area (Å²) in [6.07, 6.45) is 0. The highest BCUT2D eigenvalue weighted by molar-refractivity contribution is 5.89. The summed E-state index contributed by atoms with van der Waals surface area (Å²) >= 11 is 0. The smallest absolute Gasteiger partial charge is 0.358 e. The molecule has 106 valence electrons. The Kier molecular flexibility index (Phi) is 3.79. The number of nitrogens with zero attached hydrogens (tertiary/aromatic N) is 1. The molecule has 0 saturated heterocycles. The van der Waals surface area contributed by atoms with Crippen LogP contribution in [0.25, 0.3) is 11.3 Å². The Labute approximate surface area is 117 Å². The second-order valence-corrected chi connectivity index (χ2v) is 4.66. The average Bonchev–Trinajstić information content (AvgIpc) is 2.76. The van der Waals surface area contributed by atoms with E-state index in [1.54, 1.807) is 6.92 Å². The average molecular weight is 275 g/mol. The van der Waals surface area contributed by atoms with E-state index in [2.05, 4.69) is 5.16 Å². The van der Waals surface area contributed by atoms with Gasteiger partial charge in [0.2, 0.25) is 0 Å². The lowest BCUT2D eigenvalue weighted by Gasteiger charge is -2.11. The molecule has 0 unspecified atom stereocenters. The van der Waals surface area contributed by atoms with Gasteiger partial charge >= 0.3 is 5.97 Å². The van der Waals surface area contributed by atoms with Gasteiger partial charge in [-0.3, -0.25) is 0 Å². The quantitative estimate of drug-likeness (QED) is 0.926. The van der Waals surface area contributed by atoms with Crippen molar-refractivity contribution in [1.82, 2.24) is 5.16 Å². The van der Waals surface area contributed by atoms with Gasteiger partial charge in [-0.1, -0.05) is 5.16 Å². The molecule has 0 saturated carbocycles. The number of aromatic carboxylic acids is 1. The van der Waals surface area contributed by atoms with Crippen molar-refractivity contribution < 1.29 is 19.2 Å². The number of rotatable bonds is 4. The topological polar surface area (TPSA) is 72.6 Å². The number of carbonyl (C=O) groups is 1. The van der Waals surface area contributed by atoms with Gasteiger partial charge in [-0.25, -0.2) is 4.79 Å². The molecule has 5 nitrogen and oxygen atoms in total. The van der Waals surface area contributed by atoms with Crippen LogP contribution in [0.4, 0.5) is 0 Å². The maximum absolute atomic E-state index is 11.0. The van der Waals surface area contributed by atoms with Gasteiger partial charge in [-0.2, -0.15) is 0 Å². The van der Waals surface area contributed by atoms with E-state index in [1.165, 1.54) is 0 Å². The highest BCUT2D eigenvalue weighted by Gasteiger charge is 2.20. The van der Waals surface area contributed by atoms with Crippen molar-refractivity contribution in [2.75, 3.05) is 6.61 Å². The summed E-state index contributed by atoms with van der Waals surface area (Å²) in [7, 11) is 0. The molecule has 1 heterocycles. The third-order valence-corrected chi connectivity index (χ3v) is 3.19. The molecule has 1 aromatic heterocycles. The zero-order chi connectivity index (χ0) is 14.9. The Morgan fingerprint density at radius 1 is 1.30 bits per heavy atom. The van der Waals surface area contributed by atoms with Crippen molar-refractivity contribution in [3.8, 4) is 17.1 Å². The number of benzene rings is 1. The Morgan fingerprint density at radius 2 is 2.00 bits per heavy atom. The van der Waals surface area contributed by atoms with E-state index in [9.17, 15) is 4.79 Å². The standard InChI is InChI=1S/C15H17NO4/c1-5-19-12-7-8(2)11(6-9(12)3)14-10(4)13(15(17)18)16-20-14/h6-7H,5H2,1-4H3,(H,17,18). The first-order chi connectivity index (χ1) is 9.45. The highest BCUT2D eigenvalue weighted by Crippen LogP contribution is 2.33. The number of ether oxygens (including phenoxy) is 1. The fraction of sp³-hybridized carbons (Fsp3) is 0.333. The summed E-state index contributed by atoms with van der Waals surface area (Å²) in [5, 5.41) is 12.6. The largest absolute Gasteiger partial charge is 0.494 e. The number of carboxylic acid groups (broad SMARTS) is 1. The summed E-state index contributed by atoms with van der Waals surface area (Å²) < 4.78 is 10.7. The first-order valence-corrected chi connectivity index (χ1v) is 6.39. The molecule has 0 bridgehead atoms. The zero-order valence-corrected chi connectivity index (χ0v) is 12.0. The molecule has 2 rings (SSSR count). The van der Waals surface area contributed by atoms with E-state index < -0.39 is 5.97 Å². The molecule has 20 heavy (non-hydrogen) atoms. The van der Waals surface area contributed by atoms with E-state index in [4.69, 9.17) is 14.4 Å². The van der Waals surface area contributed by atoms with Crippen molar-refractivity contribution in [3.05, 3.63) is 34.5 Å². The van der Waals surface area contributed by atoms with Crippen LogP contribution in [0.3, 0.4) is 0 Å². The third-order valence-electron chi connectivity index (χ3n) is 3.19. The molecule has 1 aromatic carbocycles. The van der Waals surface area contributed by atoms with Crippen molar-refractivity contribution in [2.24, 2.45) is 0 Å². The predicted molar refractivity (Wildman–Crippen MR) is 74.3 cm³/mol. The van der Waals surface area contributed by atoms with Gasteiger partial charge in [0.1, 0.15) is 5.75 Å². The van der Waals surface area contributed by atoms with E-state index in [0.717, 1.165) is 22.4 Å². The second kappa shape index (κ2) is 5.36. The van der Waals surface area contributed by atoms with Crippen LogP contribution in [-0.4, -0.2) is 22.8 Å². The molecular formula is C15H17NO4. The number of aryl methyl sites for hydroxylation is 2. The highest BCUT2D eigenvalue weighted by atomic mass is 16.5. The summed E-state index contributed by atoms with van der Waals surface area (Å²) in [5.74, 6) is 0.230. The molecular weight excluding hydrogens is 258 g/mol. The van der Waals surface area contributed by atoms with Crippen molar-refractivity contribution in [3.63, 3.8) is 0 Å². The first-order valence-electron chi connectivity index (χ1n) is 6.39. The Hall–Kier alpha value is -2.30. The van der Waals surface area contributed by atoms with Crippen LogP contribution >= 0.6 is 0 Å². The number of carboxylic acids is 1. The second-order valence-electron chi connectivity index (χ2n) is 4.66. The normalized spacial score (nSPS) is 10.6. The van der Waals surface area contributed by atoms with Crippen LogP contribution < -0.4 is 4.74 Å². The van der Waals surface area contributed by atoms with E-state index in [0.29, 0.717) is 17.9 Å². The molecule has 0 amide bonds. The fourth-order valence-corrected chi connectivity index (χ4v) is 2.13. The van der Waals surface area contributed by atoms with Gasteiger partial charge in [0.25, 0.3) is 0 Å². The zero-order valence-electron chi connectivity index (χ0n) is 12.0. The monoisotopic (exact) mass is 275 g/mol. The lowest BCUT2D eigenvalue weighted by atomic mass is 10.00. The summed E-state index contributed by atoms with van der Waals surface area (Å²) in [6.45, 7) is 8.10. The van der Waals surface area contributed by atoms with Gasteiger partial charge in [0.15, 0.2) is 11.5 Å². The molecule has 0 atom stereocenters. The Bertz CT molecular complexity index is 658. The van der Waals surface area contributed by atoms with Gasteiger partial charge < -0.3 is 14.4 Å². The minimum atomic E-state index is -1.09. The molecule has 0 radical (unpaired) electrons. The van der Waals surface area contributed by atoms with Crippen LogP contribution in [0.2, 0.25) is 0 Å². The van der Waals surface area contributed by atoms with Gasteiger partial charge in [-0.15, -0.1) is 0 Å². The Balaban J connectivity index is 2.53. The van der Waals surface area contributed by atoms with Crippen LogP contribution in [0.5, 0.6) is 5.75 Å². The lowest BCUT2D eigenvalue weighted by molar-refractivity contribution is 0.0685. The molecule has 0 spiro atoms. The maximum atomic E-state index is 11.0. The summed E-state index contributed by atoms with van der Waals surface area (Å²) in [4.78, 5) is 11.0. The third kappa shape index (κ3) is 2.39. The van der Waals surface area contributed by atoms with Gasteiger partial charge in [0, 0.05) is 11.1 Å². The molecule has 0 aliphatic rings. The van der Waals surface area contributed by atoms with Crippen LogP contribution in [0.15, 0.2) is 16.7 Å². The van der Waals surface area contributed by atoms with Crippen LogP contribution in [0.1, 0.15) is 34.1 Å². The van der Waals surface area contributed by atoms with Crippen molar-refractivity contribution in [1.29, 1.82) is 0 Å². The van der Waals surface area contributed by atoms with Crippen molar-refractivity contribution >= 4 is 5.97 Å². The maximum Gasteiger partial charge on any atom is 0.358 e. The van der Waals surface area contributed by atoms with Crippen LogP contribution in [0, 0.1) is 20.8 Å². The van der Waals surface area contributed by atoms with E-state index in [1.807, 2.05) is 32.9 Å². The van der Waals surface area contributed by atoms with Crippen molar-refractivity contribution in [2.45, 2.75) is 27.7 Å². The first kappa shape index (κ1) is 14.1. The van der Waals surface area contributed by atoms with E-state index in [-0.39, 0.29) is 5.69 Å². The SMILES string of the molecule is CCOc1cc(C)c(-c2onc(C(=O)O)c2C)cc1C. The number of hydrogen-bond donors (Lipinski definition) is 1.